The van der Waals surface area contributed by atoms with Gasteiger partial charge in [-0.05, 0) is 114 Å². The summed E-state index contributed by atoms with van der Waals surface area (Å²) in [5.41, 5.74) is 3.54. The third kappa shape index (κ3) is 19.7. The standard InChI is InChI=1S/C63H83N9O11/c1-8-54(73)64-33-17-30-63(31-18-34-65-55(74)9-2,32-19-35-66-56(75)10-3)68-58(77)28-37-71(39-41-82-43-42-81-40-36-67-57(76)29-38-72-59(78)26-27-60(72)79)62(80)49-21-16-15-20-48(49)61-50-24-22-46(69(11-4)12-5)44-52(50)83-53-45-47(23-25-51(53)61)70(13-6)14-7/h8-10,15-16,20-27,44-45H,1-3,11-14,17-19,28-43H2,4-7H3,(H4-,64,65,66,67,68,73,74,75,76,77)/p+1. The maximum Gasteiger partial charge on any atom is 0.254 e. The van der Waals surface area contributed by atoms with E-state index in [0.29, 0.717) is 80.6 Å². The van der Waals surface area contributed by atoms with Gasteiger partial charge < -0.3 is 50.3 Å². The Morgan fingerprint density at radius 3 is 1.82 bits per heavy atom. The summed E-state index contributed by atoms with van der Waals surface area (Å²) in [4.78, 5) is 107. The van der Waals surface area contributed by atoms with Crippen molar-refractivity contribution < 1.29 is 52.2 Å². The molecule has 2 aromatic carbocycles. The maximum absolute atomic E-state index is 15.4. The monoisotopic (exact) mass is 1140 g/mol. The number of fused-ring (bicyclic) bond motifs is 2. The lowest BCUT2D eigenvalue weighted by atomic mass is 9.83. The molecule has 0 radical (unpaired) electrons. The predicted octanol–water partition coefficient (Wildman–Crippen LogP) is 5.26. The molecule has 2 heterocycles. The van der Waals surface area contributed by atoms with Crippen molar-refractivity contribution in [3.05, 3.63) is 122 Å². The lowest BCUT2D eigenvalue weighted by Gasteiger charge is -2.36. The van der Waals surface area contributed by atoms with Crippen LogP contribution in [0.3, 0.4) is 0 Å². The van der Waals surface area contributed by atoms with Crippen LogP contribution < -0.4 is 41.4 Å². The van der Waals surface area contributed by atoms with E-state index in [0.717, 1.165) is 58.6 Å². The van der Waals surface area contributed by atoms with Gasteiger partial charge in [-0.2, -0.15) is 0 Å². The van der Waals surface area contributed by atoms with E-state index in [4.69, 9.17) is 13.9 Å². The molecular weight excluding hydrogens is 1060 g/mol. The van der Waals surface area contributed by atoms with Crippen LogP contribution >= 0.6 is 0 Å². The van der Waals surface area contributed by atoms with E-state index in [2.05, 4.69) is 108 Å². The molecule has 2 aromatic rings. The fraction of sp³-hybridized carbons (Fsp3) is 0.444. The van der Waals surface area contributed by atoms with Gasteiger partial charge in [0.1, 0.15) is 24.4 Å². The summed E-state index contributed by atoms with van der Waals surface area (Å²) < 4.78 is 20.8. The molecule has 20 nitrogen and oxygen atoms in total. The largest absolute Gasteiger partial charge is 0.456 e. The number of amides is 8. The first kappa shape index (κ1) is 65.6. The van der Waals surface area contributed by atoms with E-state index in [9.17, 15) is 33.6 Å². The Morgan fingerprint density at radius 1 is 0.651 bits per heavy atom. The van der Waals surface area contributed by atoms with E-state index < -0.39 is 17.4 Å². The average molecular weight is 1140 g/mol. The molecule has 5 N–H and O–H groups in total. The normalized spacial score (nSPS) is 12.0. The van der Waals surface area contributed by atoms with Crippen molar-refractivity contribution in [1.82, 2.24) is 41.0 Å². The van der Waals surface area contributed by atoms with Crippen molar-refractivity contribution in [2.24, 2.45) is 0 Å². The molecule has 0 saturated heterocycles. The SMILES string of the molecule is C=CC(=O)NCCCC(CCCNC(=O)C=C)(CCCNC(=O)C=C)NC(=O)CCN(CCOCCOCCNC(=O)CCN1C(=O)C=CC1=O)C(=O)c1ccccc1-c1c2ccc(=[N+](CC)CC)cc-2oc2cc(N(CC)CC)ccc12. The summed E-state index contributed by atoms with van der Waals surface area (Å²) in [6.07, 6.45) is 8.56. The van der Waals surface area contributed by atoms with Gasteiger partial charge in [0.2, 0.25) is 34.9 Å². The number of rotatable bonds is 38. The number of hydrogen-bond donors (Lipinski definition) is 5. The number of benzene rings is 3. The fourth-order valence-corrected chi connectivity index (χ4v) is 10.1. The first-order valence-corrected chi connectivity index (χ1v) is 28.8. The van der Waals surface area contributed by atoms with E-state index in [1.54, 1.807) is 11.0 Å². The molecule has 0 fully saturated rings. The summed E-state index contributed by atoms with van der Waals surface area (Å²) in [7, 11) is 0. The maximum atomic E-state index is 15.4. The zero-order valence-corrected chi connectivity index (χ0v) is 48.8. The predicted molar refractivity (Wildman–Crippen MR) is 322 cm³/mol. The third-order valence-electron chi connectivity index (χ3n) is 14.5. The second kappa shape index (κ2) is 34.3. The molecule has 20 heteroatoms. The highest BCUT2D eigenvalue weighted by Crippen LogP contribution is 2.42. The number of hydrogen-bond acceptors (Lipinski definition) is 12. The van der Waals surface area contributed by atoms with Crippen molar-refractivity contribution >= 4 is 63.9 Å². The van der Waals surface area contributed by atoms with E-state index in [-0.39, 0.29) is 101 Å². The molecule has 5 rings (SSSR count). The van der Waals surface area contributed by atoms with Gasteiger partial charge in [-0.3, -0.25) is 43.3 Å². The van der Waals surface area contributed by atoms with E-state index >= 15 is 4.79 Å². The minimum absolute atomic E-state index is 0.00249. The molecule has 3 aliphatic rings. The van der Waals surface area contributed by atoms with Crippen LogP contribution in [0, 0.1) is 0 Å². The highest BCUT2D eigenvalue weighted by Gasteiger charge is 2.32. The second-order valence-corrected chi connectivity index (χ2v) is 19.9. The van der Waals surface area contributed by atoms with Gasteiger partial charge in [-0.15, -0.1) is 0 Å². The van der Waals surface area contributed by atoms with Gasteiger partial charge in [0.15, 0.2) is 0 Å². The van der Waals surface area contributed by atoms with Crippen molar-refractivity contribution in [3.63, 3.8) is 0 Å². The van der Waals surface area contributed by atoms with Gasteiger partial charge in [0.05, 0.1) is 32.5 Å². The number of anilines is 1. The van der Waals surface area contributed by atoms with Crippen LogP contribution in [-0.4, -0.2) is 161 Å². The average Bonchev–Trinajstić information content (AvgIpc) is 3.85. The Kier molecular flexibility index (Phi) is 27.1. The van der Waals surface area contributed by atoms with Gasteiger partial charge >= 0.3 is 0 Å². The Labute approximate surface area is 487 Å². The Bertz CT molecular complexity index is 2910. The third-order valence-corrected chi connectivity index (χ3v) is 14.5. The van der Waals surface area contributed by atoms with Crippen molar-refractivity contribution in [2.75, 3.05) is 103 Å². The van der Waals surface area contributed by atoms with Crippen LogP contribution in [0.5, 0.6) is 0 Å². The summed E-state index contributed by atoms with van der Waals surface area (Å²) in [6.45, 7) is 24.1. The summed E-state index contributed by atoms with van der Waals surface area (Å²) in [5.74, 6) is -2.23. The molecule has 0 bridgehead atoms. The quantitative estimate of drug-likeness (QED) is 0.0127. The molecular formula is C63H84N9O11+. The number of carbonyl (C=O) groups is 8. The van der Waals surface area contributed by atoms with Crippen molar-refractivity contribution in [3.8, 4) is 22.5 Å². The molecule has 8 amide bonds. The van der Waals surface area contributed by atoms with Crippen LogP contribution in [0.4, 0.5) is 5.69 Å². The molecule has 83 heavy (non-hydrogen) atoms. The van der Waals surface area contributed by atoms with Crippen molar-refractivity contribution in [2.45, 2.75) is 84.6 Å². The molecule has 0 unspecified atom stereocenters. The number of nitrogens with zero attached hydrogens (tertiary/aromatic N) is 4. The Morgan fingerprint density at radius 2 is 1.24 bits per heavy atom. The minimum atomic E-state index is -0.843. The Hall–Kier alpha value is -8.23. The first-order valence-electron chi connectivity index (χ1n) is 28.8. The molecule has 0 aromatic heterocycles. The first-order chi connectivity index (χ1) is 40.1. The highest BCUT2D eigenvalue weighted by molar-refractivity contribution is 6.13. The highest BCUT2D eigenvalue weighted by atomic mass is 16.5. The van der Waals surface area contributed by atoms with Crippen LogP contribution in [0.2, 0.25) is 0 Å². The van der Waals surface area contributed by atoms with Crippen LogP contribution in [0.15, 0.2) is 115 Å². The van der Waals surface area contributed by atoms with Gasteiger partial charge in [0, 0.05) is 129 Å². The summed E-state index contributed by atoms with van der Waals surface area (Å²) >= 11 is 0. The topological polar surface area (TPSA) is 241 Å². The number of carbonyl (C=O) groups excluding carboxylic acids is 8. The Balaban J connectivity index is 1.44. The van der Waals surface area contributed by atoms with Gasteiger partial charge in [-0.25, -0.2) is 4.58 Å². The number of ether oxygens (including phenoxy) is 2. The van der Waals surface area contributed by atoms with Gasteiger partial charge in [-0.1, -0.05) is 37.9 Å². The molecule has 0 spiro atoms. The summed E-state index contributed by atoms with van der Waals surface area (Å²) in [5, 5.41) is 16.3. The van der Waals surface area contributed by atoms with E-state index in [1.807, 2.05) is 30.3 Å². The van der Waals surface area contributed by atoms with E-state index in [1.165, 1.54) is 30.4 Å². The zero-order valence-electron chi connectivity index (χ0n) is 48.8. The van der Waals surface area contributed by atoms with Crippen LogP contribution in [0.25, 0.3) is 33.4 Å². The minimum Gasteiger partial charge on any atom is -0.456 e. The molecule has 1 aliphatic carbocycles. The molecule has 0 saturated carbocycles. The lowest BCUT2D eigenvalue weighted by molar-refractivity contribution is -0.137. The van der Waals surface area contributed by atoms with Crippen LogP contribution in [-0.2, 0) is 43.0 Å². The van der Waals surface area contributed by atoms with Crippen LogP contribution in [0.1, 0.15) is 89.4 Å². The number of imide groups is 1. The lowest BCUT2D eigenvalue weighted by Crippen LogP contribution is -2.50. The molecule has 446 valence electrons. The second-order valence-electron chi connectivity index (χ2n) is 19.9. The van der Waals surface area contributed by atoms with Crippen molar-refractivity contribution in [1.29, 1.82) is 0 Å². The molecule has 2 aliphatic heterocycles. The fourth-order valence-electron chi connectivity index (χ4n) is 10.1. The summed E-state index contributed by atoms with van der Waals surface area (Å²) in [6, 6.07) is 19.8. The number of nitrogens with one attached hydrogen (secondary N) is 5. The molecule has 0 atom stereocenters. The smallest absolute Gasteiger partial charge is 0.254 e. The van der Waals surface area contributed by atoms with Gasteiger partial charge in [0.25, 0.3) is 17.7 Å². The zero-order chi connectivity index (χ0) is 60.2.